The molecule has 3 heterocycles. The van der Waals surface area contributed by atoms with Crippen molar-refractivity contribution >= 4 is 43.9 Å². The second kappa shape index (κ2) is 10.5. The highest BCUT2D eigenvalue weighted by Crippen LogP contribution is 2.36. The Balaban J connectivity index is 1.51. The number of pyridine rings is 1. The minimum absolute atomic E-state index is 0.0520. The zero-order valence-electron chi connectivity index (χ0n) is 23.3. The third-order valence-corrected chi connectivity index (χ3v) is 9.14. The van der Waals surface area contributed by atoms with Gasteiger partial charge in [0.15, 0.2) is 0 Å². The van der Waals surface area contributed by atoms with Gasteiger partial charge in [0.2, 0.25) is 10.0 Å². The van der Waals surface area contributed by atoms with Gasteiger partial charge >= 0.3 is 12.1 Å². The molecule has 0 bridgehead atoms. The normalized spacial score (nSPS) is 18.1. The Labute approximate surface area is 232 Å². The molecule has 2 aromatic heterocycles. The third kappa shape index (κ3) is 5.46. The lowest BCUT2D eigenvalue weighted by Crippen LogP contribution is -2.47. The van der Waals surface area contributed by atoms with E-state index in [9.17, 15) is 22.8 Å². The van der Waals surface area contributed by atoms with Crippen molar-refractivity contribution in [1.82, 2.24) is 19.2 Å². The van der Waals surface area contributed by atoms with E-state index in [1.807, 2.05) is 6.92 Å². The molecule has 12 heteroatoms. The average Bonchev–Trinajstić information content (AvgIpc) is 3.42. The molecule has 0 radical (unpaired) electrons. The van der Waals surface area contributed by atoms with Crippen LogP contribution in [0.15, 0.2) is 34.1 Å². The molecule has 3 aromatic rings. The molecule has 2 aliphatic rings. The molecule has 1 amide bonds. The van der Waals surface area contributed by atoms with E-state index in [0.717, 1.165) is 19.3 Å². The molecule has 1 aliphatic carbocycles. The number of ether oxygens (including phenoxy) is 2. The fourth-order valence-corrected chi connectivity index (χ4v) is 6.98. The van der Waals surface area contributed by atoms with Gasteiger partial charge in [-0.15, -0.1) is 0 Å². The van der Waals surface area contributed by atoms with Gasteiger partial charge in [0, 0.05) is 47.7 Å². The summed E-state index contributed by atoms with van der Waals surface area (Å²) >= 11 is 0. The number of hydrogen-bond donors (Lipinski definition) is 2. The molecule has 1 aromatic carbocycles. The number of aromatic amines is 2. The lowest BCUT2D eigenvalue weighted by atomic mass is 10.1. The third-order valence-electron chi connectivity index (χ3n) is 7.23. The number of benzene rings is 1. The van der Waals surface area contributed by atoms with Gasteiger partial charge in [-0.25, -0.2) is 18.0 Å². The molecule has 2 fully saturated rings. The number of carbonyl (C=O) groups is 2. The molecular weight excluding hydrogens is 536 g/mol. The predicted molar refractivity (Wildman–Crippen MR) is 150 cm³/mol. The second-order valence-corrected chi connectivity index (χ2v) is 13.4. The van der Waals surface area contributed by atoms with Gasteiger partial charge in [-0.1, -0.05) is 6.92 Å². The molecule has 216 valence electrons. The highest BCUT2D eigenvalue weighted by atomic mass is 32.2. The van der Waals surface area contributed by atoms with Crippen LogP contribution in [-0.2, 0) is 19.5 Å². The zero-order valence-corrected chi connectivity index (χ0v) is 24.1. The van der Waals surface area contributed by atoms with E-state index in [1.165, 1.54) is 22.6 Å². The quantitative estimate of drug-likeness (QED) is 0.387. The number of amides is 1. The van der Waals surface area contributed by atoms with Crippen LogP contribution in [0.25, 0.3) is 21.8 Å². The summed E-state index contributed by atoms with van der Waals surface area (Å²) in [5.41, 5.74) is -0.319. The highest BCUT2D eigenvalue weighted by molar-refractivity contribution is 7.89. The Morgan fingerprint density at radius 2 is 1.93 bits per heavy atom. The van der Waals surface area contributed by atoms with Crippen LogP contribution in [0.5, 0.6) is 0 Å². The number of fused-ring (bicyclic) bond motifs is 3. The molecule has 2 N–H and O–H groups in total. The molecule has 1 aliphatic heterocycles. The number of esters is 1. The summed E-state index contributed by atoms with van der Waals surface area (Å²) in [7, 11) is -3.97. The SMILES string of the molecule is CCCOC(=O)c1c[nH]c2c(=O)[nH]c3ccc(S(=O)(=O)N(C[C@H]4CCCN4C(=O)OC(C)(C)C)C4CC4)cc3c12. The molecular formula is C28H36N4O7S. The summed E-state index contributed by atoms with van der Waals surface area (Å²) < 4.78 is 40.5. The number of nitrogens with one attached hydrogen (secondary N) is 2. The Morgan fingerprint density at radius 1 is 1.18 bits per heavy atom. The van der Waals surface area contributed by atoms with Gasteiger partial charge in [-0.3, -0.25) is 4.79 Å². The largest absolute Gasteiger partial charge is 0.462 e. The first-order valence-corrected chi connectivity index (χ1v) is 15.2. The number of rotatable bonds is 8. The van der Waals surface area contributed by atoms with Gasteiger partial charge in [-0.2, -0.15) is 4.31 Å². The molecule has 0 spiro atoms. The Kier molecular flexibility index (Phi) is 7.43. The summed E-state index contributed by atoms with van der Waals surface area (Å²) in [6.45, 7) is 8.21. The molecule has 5 rings (SSSR count). The number of aromatic nitrogens is 2. The molecule has 11 nitrogen and oxygen atoms in total. The van der Waals surface area contributed by atoms with E-state index < -0.39 is 33.2 Å². The number of hydrogen-bond acceptors (Lipinski definition) is 7. The number of H-pyrrole nitrogens is 2. The zero-order chi connectivity index (χ0) is 28.8. The van der Waals surface area contributed by atoms with E-state index >= 15 is 0 Å². The molecule has 1 saturated heterocycles. The maximum absolute atomic E-state index is 14.1. The second-order valence-electron chi connectivity index (χ2n) is 11.5. The molecule has 0 unspecified atom stereocenters. The van der Waals surface area contributed by atoms with Gasteiger partial charge in [0.05, 0.1) is 17.1 Å². The number of likely N-dealkylation sites (tertiary alicyclic amines) is 1. The molecule has 1 atom stereocenters. The van der Waals surface area contributed by atoms with Gasteiger partial charge in [-0.05, 0) is 71.1 Å². The maximum Gasteiger partial charge on any atom is 0.410 e. The number of nitrogens with zero attached hydrogens (tertiary/aromatic N) is 2. The van der Waals surface area contributed by atoms with Crippen LogP contribution in [0.2, 0.25) is 0 Å². The fraction of sp³-hybridized carbons (Fsp3) is 0.536. The van der Waals surface area contributed by atoms with Crippen LogP contribution in [0.1, 0.15) is 70.2 Å². The maximum atomic E-state index is 14.1. The van der Waals surface area contributed by atoms with Crippen LogP contribution in [0.4, 0.5) is 4.79 Å². The minimum atomic E-state index is -3.97. The van der Waals surface area contributed by atoms with Crippen molar-refractivity contribution in [3.8, 4) is 0 Å². The summed E-state index contributed by atoms with van der Waals surface area (Å²) in [4.78, 5) is 45.6. The van der Waals surface area contributed by atoms with Crippen LogP contribution in [0.3, 0.4) is 0 Å². The first-order valence-electron chi connectivity index (χ1n) is 13.8. The van der Waals surface area contributed by atoms with Crippen LogP contribution in [0, 0.1) is 0 Å². The predicted octanol–water partition coefficient (Wildman–Crippen LogP) is 4.13. The van der Waals surface area contributed by atoms with Gasteiger partial charge < -0.3 is 24.3 Å². The van der Waals surface area contributed by atoms with Crippen molar-refractivity contribution < 1.29 is 27.5 Å². The highest BCUT2D eigenvalue weighted by Gasteiger charge is 2.42. The molecule has 1 saturated carbocycles. The van der Waals surface area contributed by atoms with Crippen molar-refractivity contribution in [3.63, 3.8) is 0 Å². The van der Waals surface area contributed by atoms with E-state index in [4.69, 9.17) is 9.47 Å². The van der Waals surface area contributed by atoms with E-state index in [1.54, 1.807) is 31.7 Å². The van der Waals surface area contributed by atoms with Crippen molar-refractivity contribution in [2.75, 3.05) is 19.7 Å². The molecule has 40 heavy (non-hydrogen) atoms. The number of sulfonamides is 1. The van der Waals surface area contributed by atoms with Crippen molar-refractivity contribution in [3.05, 3.63) is 40.3 Å². The fourth-order valence-electron chi connectivity index (χ4n) is 5.24. The Morgan fingerprint density at radius 3 is 2.60 bits per heavy atom. The lowest BCUT2D eigenvalue weighted by Gasteiger charge is -2.32. The minimum Gasteiger partial charge on any atom is -0.462 e. The summed E-state index contributed by atoms with van der Waals surface area (Å²) in [5.74, 6) is -0.587. The summed E-state index contributed by atoms with van der Waals surface area (Å²) in [6.07, 6.45) is 4.57. The first kappa shape index (κ1) is 28.2. The van der Waals surface area contributed by atoms with E-state index in [-0.39, 0.29) is 41.2 Å². The lowest BCUT2D eigenvalue weighted by molar-refractivity contribution is 0.0211. The van der Waals surface area contributed by atoms with Gasteiger partial charge in [0.1, 0.15) is 11.1 Å². The standard InChI is InChI=1S/C28H36N4O7S/c1-5-13-38-26(34)21-15-29-24-23(21)20-14-19(10-11-22(20)30-25(24)33)40(36,37)32(17-8-9-17)16-18-7-6-12-31(18)27(35)39-28(2,3)4/h10-11,14-15,17-18,29H,5-9,12-13,16H2,1-4H3,(H,30,33)/t18-/m1/s1. The van der Waals surface area contributed by atoms with E-state index in [0.29, 0.717) is 35.7 Å². The summed E-state index contributed by atoms with van der Waals surface area (Å²) in [5, 5.41) is 0.745. The van der Waals surface area contributed by atoms with E-state index in [2.05, 4.69) is 9.97 Å². The van der Waals surface area contributed by atoms with Crippen molar-refractivity contribution in [2.24, 2.45) is 0 Å². The Hall–Kier alpha value is -3.38. The smallest absolute Gasteiger partial charge is 0.410 e. The van der Waals surface area contributed by atoms with Crippen molar-refractivity contribution in [1.29, 1.82) is 0 Å². The van der Waals surface area contributed by atoms with Crippen molar-refractivity contribution in [2.45, 2.75) is 82.4 Å². The topological polar surface area (TPSA) is 142 Å². The van der Waals surface area contributed by atoms with Gasteiger partial charge in [0.25, 0.3) is 5.56 Å². The first-order chi connectivity index (χ1) is 18.9. The van der Waals surface area contributed by atoms with Crippen LogP contribution in [-0.4, -0.2) is 77.0 Å². The Bertz CT molecular complexity index is 1620. The summed E-state index contributed by atoms with van der Waals surface area (Å²) in [6, 6.07) is 4.08. The monoisotopic (exact) mass is 572 g/mol. The van der Waals surface area contributed by atoms with Crippen LogP contribution >= 0.6 is 0 Å². The number of carbonyl (C=O) groups excluding carboxylic acids is 2. The average molecular weight is 573 g/mol. The van der Waals surface area contributed by atoms with Crippen LogP contribution < -0.4 is 5.56 Å².